The molecule has 0 saturated carbocycles. The SMILES string of the molecule is CCOc1ccccc1OCCN(C)C1CCNC1.Cl. The largest absolute Gasteiger partial charge is 0.490 e. The first-order valence-electron chi connectivity index (χ1n) is 7.07. The molecule has 0 radical (unpaired) electrons. The normalized spacial score (nSPS) is 17.9. The molecule has 1 N–H and O–H groups in total. The van der Waals surface area contributed by atoms with E-state index in [1.807, 2.05) is 31.2 Å². The number of nitrogens with zero attached hydrogens (tertiary/aromatic N) is 1. The van der Waals surface area contributed by atoms with Gasteiger partial charge >= 0.3 is 0 Å². The number of benzene rings is 1. The summed E-state index contributed by atoms with van der Waals surface area (Å²) in [6.07, 6.45) is 1.23. The molecule has 0 spiro atoms. The standard InChI is InChI=1S/C15H24N2O2.ClH/c1-3-18-14-6-4-5-7-15(14)19-11-10-17(2)13-8-9-16-12-13;/h4-7,13,16H,3,8-12H2,1-2H3;1H. The molecule has 1 saturated heterocycles. The van der Waals surface area contributed by atoms with Crippen molar-refractivity contribution in [1.29, 1.82) is 0 Å². The topological polar surface area (TPSA) is 33.7 Å². The maximum Gasteiger partial charge on any atom is 0.161 e. The van der Waals surface area contributed by atoms with Gasteiger partial charge in [-0.25, -0.2) is 0 Å². The quantitative estimate of drug-likeness (QED) is 0.837. The van der Waals surface area contributed by atoms with E-state index in [0.717, 1.165) is 31.1 Å². The Morgan fingerprint density at radius 1 is 1.25 bits per heavy atom. The second-order valence-electron chi connectivity index (χ2n) is 4.86. The summed E-state index contributed by atoms with van der Waals surface area (Å²) in [6, 6.07) is 8.49. The molecule has 4 nitrogen and oxygen atoms in total. The Morgan fingerprint density at radius 3 is 2.55 bits per heavy atom. The summed E-state index contributed by atoms with van der Waals surface area (Å²) < 4.78 is 11.4. The molecule has 114 valence electrons. The predicted octanol–water partition coefficient (Wildman–Crippen LogP) is 2.18. The Balaban J connectivity index is 0.00000200. The van der Waals surface area contributed by atoms with Gasteiger partial charge in [0, 0.05) is 19.1 Å². The molecule has 2 rings (SSSR count). The average molecular weight is 301 g/mol. The molecule has 20 heavy (non-hydrogen) atoms. The van der Waals surface area contributed by atoms with E-state index in [4.69, 9.17) is 9.47 Å². The number of hydrogen-bond acceptors (Lipinski definition) is 4. The lowest BCUT2D eigenvalue weighted by Gasteiger charge is -2.23. The molecular weight excluding hydrogens is 276 g/mol. The monoisotopic (exact) mass is 300 g/mol. The lowest BCUT2D eigenvalue weighted by Crippen LogP contribution is -2.36. The van der Waals surface area contributed by atoms with Crippen molar-refractivity contribution in [2.75, 3.05) is 39.9 Å². The van der Waals surface area contributed by atoms with Gasteiger partial charge in [-0.05, 0) is 39.1 Å². The van der Waals surface area contributed by atoms with E-state index in [1.165, 1.54) is 6.42 Å². The van der Waals surface area contributed by atoms with Crippen molar-refractivity contribution in [1.82, 2.24) is 10.2 Å². The zero-order valence-corrected chi connectivity index (χ0v) is 13.1. The van der Waals surface area contributed by atoms with Crippen molar-refractivity contribution in [3.05, 3.63) is 24.3 Å². The van der Waals surface area contributed by atoms with Crippen LogP contribution in [0.25, 0.3) is 0 Å². The molecule has 1 aliphatic rings. The van der Waals surface area contributed by atoms with Crippen LogP contribution in [-0.4, -0.2) is 50.8 Å². The van der Waals surface area contributed by atoms with E-state index < -0.39 is 0 Å². The molecule has 1 heterocycles. The molecule has 1 aromatic carbocycles. The van der Waals surface area contributed by atoms with Gasteiger partial charge in [0.2, 0.25) is 0 Å². The summed E-state index contributed by atoms with van der Waals surface area (Å²) in [5.41, 5.74) is 0. The van der Waals surface area contributed by atoms with E-state index >= 15 is 0 Å². The van der Waals surface area contributed by atoms with Crippen LogP contribution in [-0.2, 0) is 0 Å². The fourth-order valence-electron chi connectivity index (χ4n) is 2.34. The Hall–Kier alpha value is -0.970. The first kappa shape index (κ1) is 17.1. The highest BCUT2D eigenvalue weighted by molar-refractivity contribution is 5.85. The van der Waals surface area contributed by atoms with Crippen molar-refractivity contribution in [2.24, 2.45) is 0 Å². The molecule has 1 aliphatic heterocycles. The van der Waals surface area contributed by atoms with Crippen LogP contribution in [0.4, 0.5) is 0 Å². The second-order valence-corrected chi connectivity index (χ2v) is 4.86. The number of rotatable bonds is 7. The van der Waals surface area contributed by atoms with Crippen LogP contribution in [0, 0.1) is 0 Å². The smallest absolute Gasteiger partial charge is 0.161 e. The van der Waals surface area contributed by atoms with Gasteiger partial charge in [0.05, 0.1) is 6.61 Å². The summed E-state index contributed by atoms with van der Waals surface area (Å²) in [5, 5.41) is 3.38. The molecule has 5 heteroatoms. The summed E-state index contributed by atoms with van der Waals surface area (Å²) >= 11 is 0. The average Bonchev–Trinajstić information content (AvgIpc) is 2.95. The zero-order chi connectivity index (χ0) is 13.5. The summed E-state index contributed by atoms with van der Waals surface area (Å²) in [7, 11) is 2.16. The lowest BCUT2D eigenvalue weighted by atomic mass is 10.2. The molecule has 0 bridgehead atoms. The lowest BCUT2D eigenvalue weighted by molar-refractivity contribution is 0.194. The molecular formula is C15H25ClN2O2. The van der Waals surface area contributed by atoms with Gasteiger partial charge in [-0.15, -0.1) is 12.4 Å². The van der Waals surface area contributed by atoms with Crippen LogP contribution in [0.3, 0.4) is 0 Å². The van der Waals surface area contributed by atoms with Crippen molar-refractivity contribution in [3.8, 4) is 11.5 Å². The number of likely N-dealkylation sites (N-methyl/N-ethyl adjacent to an activating group) is 1. The highest BCUT2D eigenvalue weighted by Crippen LogP contribution is 2.26. The zero-order valence-electron chi connectivity index (χ0n) is 12.3. The Labute approximate surface area is 127 Å². The van der Waals surface area contributed by atoms with Crippen LogP contribution in [0.2, 0.25) is 0 Å². The van der Waals surface area contributed by atoms with Crippen molar-refractivity contribution >= 4 is 12.4 Å². The van der Waals surface area contributed by atoms with E-state index in [-0.39, 0.29) is 12.4 Å². The molecule has 1 aromatic rings. The van der Waals surface area contributed by atoms with Gasteiger partial charge in [0.1, 0.15) is 6.61 Å². The Morgan fingerprint density at radius 2 is 1.95 bits per heavy atom. The third-order valence-corrected chi connectivity index (χ3v) is 3.51. The number of nitrogens with one attached hydrogen (secondary N) is 1. The molecule has 1 fully saturated rings. The number of para-hydroxylation sites is 2. The van der Waals surface area contributed by atoms with Crippen molar-refractivity contribution in [2.45, 2.75) is 19.4 Å². The van der Waals surface area contributed by atoms with Crippen LogP contribution in [0.1, 0.15) is 13.3 Å². The van der Waals surface area contributed by atoms with E-state index in [1.54, 1.807) is 0 Å². The molecule has 0 amide bonds. The van der Waals surface area contributed by atoms with Gasteiger partial charge in [0.25, 0.3) is 0 Å². The van der Waals surface area contributed by atoms with Crippen molar-refractivity contribution < 1.29 is 9.47 Å². The minimum atomic E-state index is 0. The highest BCUT2D eigenvalue weighted by atomic mass is 35.5. The highest BCUT2D eigenvalue weighted by Gasteiger charge is 2.18. The van der Waals surface area contributed by atoms with Crippen LogP contribution >= 0.6 is 12.4 Å². The summed E-state index contributed by atoms with van der Waals surface area (Å²) in [6.45, 7) is 6.49. The summed E-state index contributed by atoms with van der Waals surface area (Å²) in [4.78, 5) is 2.36. The van der Waals surface area contributed by atoms with E-state index in [2.05, 4.69) is 17.3 Å². The number of hydrogen-bond donors (Lipinski definition) is 1. The number of halogens is 1. The first-order valence-corrected chi connectivity index (χ1v) is 7.07. The maximum absolute atomic E-state index is 5.83. The van der Waals surface area contributed by atoms with E-state index in [0.29, 0.717) is 19.3 Å². The van der Waals surface area contributed by atoms with Gasteiger partial charge in [-0.3, -0.25) is 4.90 Å². The molecule has 0 aliphatic carbocycles. The third kappa shape index (κ3) is 4.85. The third-order valence-electron chi connectivity index (χ3n) is 3.51. The summed E-state index contributed by atoms with van der Waals surface area (Å²) in [5.74, 6) is 1.66. The predicted molar refractivity (Wildman–Crippen MR) is 84.3 cm³/mol. The van der Waals surface area contributed by atoms with Gasteiger partial charge in [-0.2, -0.15) is 0 Å². The minimum Gasteiger partial charge on any atom is -0.490 e. The molecule has 1 atom stereocenters. The Kier molecular flexibility index (Phi) is 7.73. The minimum absolute atomic E-state index is 0. The van der Waals surface area contributed by atoms with Crippen LogP contribution in [0.15, 0.2) is 24.3 Å². The molecule has 1 unspecified atom stereocenters. The number of ether oxygens (including phenoxy) is 2. The van der Waals surface area contributed by atoms with E-state index in [9.17, 15) is 0 Å². The van der Waals surface area contributed by atoms with Crippen LogP contribution in [0.5, 0.6) is 11.5 Å². The Bertz CT molecular complexity index is 384. The van der Waals surface area contributed by atoms with Gasteiger partial charge in [-0.1, -0.05) is 12.1 Å². The fraction of sp³-hybridized carbons (Fsp3) is 0.600. The van der Waals surface area contributed by atoms with Gasteiger partial charge < -0.3 is 14.8 Å². The van der Waals surface area contributed by atoms with Crippen molar-refractivity contribution in [3.63, 3.8) is 0 Å². The molecule has 0 aromatic heterocycles. The first-order chi connectivity index (χ1) is 9.31. The second kappa shape index (κ2) is 9.06. The fourth-order valence-corrected chi connectivity index (χ4v) is 2.34. The van der Waals surface area contributed by atoms with Gasteiger partial charge in [0.15, 0.2) is 11.5 Å². The van der Waals surface area contributed by atoms with Crippen LogP contribution < -0.4 is 14.8 Å². The maximum atomic E-state index is 5.83.